The van der Waals surface area contributed by atoms with Crippen molar-refractivity contribution in [2.75, 3.05) is 20.2 Å². The zero-order valence-corrected chi connectivity index (χ0v) is 13.8. The van der Waals surface area contributed by atoms with E-state index >= 15 is 0 Å². The van der Waals surface area contributed by atoms with Gasteiger partial charge in [-0.3, -0.25) is 9.88 Å². The van der Waals surface area contributed by atoms with Gasteiger partial charge in [-0.1, -0.05) is 6.07 Å². The summed E-state index contributed by atoms with van der Waals surface area (Å²) >= 11 is 1.69. The number of aromatic nitrogens is 3. The quantitative estimate of drug-likeness (QED) is 0.741. The summed E-state index contributed by atoms with van der Waals surface area (Å²) in [5.41, 5.74) is 6.48. The van der Waals surface area contributed by atoms with E-state index < -0.39 is 0 Å². The minimum Gasteiger partial charge on any atom is -0.480 e. The van der Waals surface area contributed by atoms with Gasteiger partial charge in [0, 0.05) is 32.5 Å². The smallest absolute Gasteiger partial charge is 0.232 e. The average Bonchev–Trinajstić information content (AvgIpc) is 2.96. The molecule has 3 heterocycles. The fourth-order valence-electron chi connectivity index (χ4n) is 3.00. The highest BCUT2D eigenvalue weighted by atomic mass is 32.1. The number of hydrogen-bond acceptors (Lipinski definition) is 6. The number of fused-ring (bicyclic) bond motifs is 2. The van der Waals surface area contributed by atoms with Crippen LogP contribution in [0.3, 0.4) is 0 Å². The van der Waals surface area contributed by atoms with E-state index in [9.17, 15) is 0 Å². The monoisotopic (exact) mass is 326 g/mol. The van der Waals surface area contributed by atoms with Crippen molar-refractivity contribution in [3.8, 4) is 5.88 Å². The maximum absolute atomic E-state index is 5.18. The fraction of sp³-hybridized carbons (Fsp3) is 0.353. The topological polar surface area (TPSA) is 51.1 Å². The van der Waals surface area contributed by atoms with Crippen LogP contribution in [-0.4, -0.2) is 40.1 Å². The Hall–Kier alpha value is -2.05. The zero-order valence-electron chi connectivity index (χ0n) is 13.0. The fourth-order valence-corrected chi connectivity index (χ4v) is 3.66. The van der Waals surface area contributed by atoms with Crippen molar-refractivity contribution in [1.29, 1.82) is 0 Å². The third-order valence-corrected chi connectivity index (χ3v) is 5.06. The van der Waals surface area contributed by atoms with Gasteiger partial charge in [0.15, 0.2) is 0 Å². The first-order valence-corrected chi connectivity index (χ1v) is 8.63. The number of thiazole rings is 1. The van der Waals surface area contributed by atoms with Crippen LogP contribution in [0.4, 0.5) is 0 Å². The van der Waals surface area contributed by atoms with Crippen molar-refractivity contribution in [3.05, 3.63) is 46.9 Å². The van der Waals surface area contributed by atoms with Crippen molar-refractivity contribution in [3.63, 3.8) is 0 Å². The Kier molecular flexibility index (Phi) is 3.93. The molecule has 0 atom stereocenters. The Labute approximate surface area is 139 Å². The Morgan fingerprint density at radius 3 is 2.91 bits per heavy atom. The van der Waals surface area contributed by atoms with Crippen molar-refractivity contribution >= 4 is 21.6 Å². The van der Waals surface area contributed by atoms with Gasteiger partial charge in [0.2, 0.25) is 5.88 Å². The highest BCUT2D eigenvalue weighted by molar-refractivity contribution is 7.16. The van der Waals surface area contributed by atoms with Gasteiger partial charge in [-0.2, -0.15) is 0 Å². The van der Waals surface area contributed by atoms with Crippen molar-refractivity contribution in [2.45, 2.75) is 19.4 Å². The lowest BCUT2D eigenvalue weighted by atomic mass is 10.2. The Bertz CT molecular complexity index is 832. The normalized spacial score (nSPS) is 15.3. The molecule has 5 nitrogen and oxygen atoms in total. The van der Waals surface area contributed by atoms with Crippen LogP contribution >= 0.6 is 11.3 Å². The minimum atomic E-state index is 0.603. The van der Waals surface area contributed by atoms with E-state index in [1.165, 1.54) is 10.3 Å². The van der Waals surface area contributed by atoms with Crippen molar-refractivity contribution in [2.24, 2.45) is 0 Å². The van der Waals surface area contributed by atoms with Crippen LogP contribution in [0.15, 0.2) is 29.9 Å². The van der Waals surface area contributed by atoms with Gasteiger partial charge < -0.3 is 4.74 Å². The van der Waals surface area contributed by atoms with Crippen LogP contribution in [0.25, 0.3) is 10.2 Å². The van der Waals surface area contributed by atoms with E-state index in [1.54, 1.807) is 24.6 Å². The summed E-state index contributed by atoms with van der Waals surface area (Å²) in [5.74, 6) is 0.603. The summed E-state index contributed by atoms with van der Waals surface area (Å²) in [4.78, 5) is 15.9. The predicted molar refractivity (Wildman–Crippen MR) is 90.9 cm³/mol. The van der Waals surface area contributed by atoms with Crippen LogP contribution in [0.1, 0.15) is 17.0 Å². The molecule has 0 unspecified atom stereocenters. The van der Waals surface area contributed by atoms with E-state index in [4.69, 9.17) is 4.74 Å². The summed E-state index contributed by atoms with van der Waals surface area (Å²) in [6.07, 6.45) is 3.56. The van der Waals surface area contributed by atoms with E-state index in [0.29, 0.717) is 5.88 Å². The molecule has 4 rings (SSSR count). The summed E-state index contributed by atoms with van der Waals surface area (Å²) in [7, 11) is 1.63. The first kappa shape index (κ1) is 14.5. The lowest BCUT2D eigenvalue weighted by Gasteiger charge is -2.19. The van der Waals surface area contributed by atoms with Crippen LogP contribution < -0.4 is 4.74 Å². The van der Waals surface area contributed by atoms with Crippen LogP contribution in [0.2, 0.25) is 0 Å². The third-order valence-electron chi connectivity index (χ3n) is 4.25. The van der Waals surface area contributed by atoms with E-state index in [1.807, 2.05) is 5.51 Å². The Morgan fingerprint density at radius 1 is 1.17 bits per heavy atom. The molecule has 1 aromatic carbocycles. The number of methoxy groups -OCH3 is 1. The van der Waals surface area contributed by atoms with Gasteiger partial charge in [-0.15, -0.1) is 11.3 Å². The summed E-state index contributed by atoms with van der Waals surface area (Å²) in [5, 5.41) is 0. The number of rotatable bonds is 3. The van der Waals surface area contributed by atoms with Gasteiger partial charge >= 0.3 is 0 Å². The largest absolute Gasteiger partial charge is 0.480 e. The van der Waals surface area contributed by atoms with E-state index in [0.717, 1.165) is 49.4 Å². The summed E-state index contributed by atoms with van der Waals surface area (Å²) < 4.78 is 6.43. The molecule has 118 valence electrons. The lowest BCUT2D eigenvalue weighted by molar-refractivity contribution is 0.278. The van der Waals surface area contributed by atoms with E-state index in [2.05, 4.69) is 38.1 Å². The molecule has 6 heteroatoms. The standard InChI is InChI=1S/C17H18N4OS/c1-22-17-9-18-13-4-6-21(7-5-14(13)20-17)10-12-2-3-16-15(8-12)19-11-23-16/h2-3,8-9,11H,4-7,10H2,1H3. The first-order valence-electron chi connectivity index (χ1n) is 7.75. The van der Waals surface area contributed by atoms with Gasteiger partial charge in [0.25, 0.3) is 0 Å². The summed E-state index contributed by atoms with van der Waals surface area (Å²) in [6, 6.07) is 6.57. The molecular formula is C17H18N4OS. The molecule has 1 aliphatic heterocycles. The van der Waals surface area contributed by atoms with Gasteiger partial charge in [0.1, 0.15) is 0 Å². The van der Waals surface area contributed by atoms with Crippen LogP contribution in [0, 0.1) is 0 Å². The first-order chi connectivity index (χ1) is 11.3. The second-order valence-corrected chi connectivity index (χ2v) is 6.62. The molecule has 0 amide bonds. The maximum Gasteiger partial charge on any atom is 0.232 e. The highest BCUT2D eigenvalue weighted by Crippen LogP contribution is 2.21. The molecule has 0 saturated heterocycles. The molecule has 3 aromatic rings. The second kappa shape index (κ2) is 6.22. The molecule has 1 aliphatic rings. The van der Waals surface area contributed by atoms with Crippen molar-refractivity contribution in [1.82, 2.24) is 19.9 Å². The molecule has 0 bridgehead atoms. The molecule has 0 aliphatic carbocycles. The molecule has 23 heavy (non-hydrogen) atoms. The minimum absolute atomic E-state index is 0.603. The van der Waals surface area contributed by atoms with Gasteiger partial charge in [-0.05, 0) is 17.7 Å². The molecule has 0 fully saturated rings. The van der Waals surface area contributed by atoms with E-state index in [-0.39, 0.29) is 0 Å². The Balaban J connectivity index is 1.49. The molecule has 0 spiro atoms. The second-order valence-electron chi connectivity index (χ2n) is 5.74. The number of nitrogens with zero attached hydrogens (tertiary/aromatic N) is 4. The highest BCUT2D eigenvalue weighted by Gasteiger charge is 2.17. The molecule has 0 saturated carbocycles. The number of hydrogen-bond donors (Lipinski definition) is 0. The average molecular weight is 326 g/mol. The third kappa shape index (κ3) is 3.04. The van der Waals surface area contributed by atoms with Crippen LogP contribution in [0.5, 0.6) is 5.88 Å². The number of ether oxygens (including phenoxy) is 1. The summed E-state index contributed by atoms with van der Waals surface area (Å²) in [6.45, 7) is 2.94. The van der Waals surface area contributed by atoms with Gasteiger partial charge in [-0.25, -0.2) is 9.97 Å². The molecule has 0 radical (unpaired) electrons. The Morgan fingerprint density at radius 2 is 2.04 bits per heavy atom. The van der Waals surface area contributed by atoms with Gasteiger partial charge in [0.05, 0.1) is 40.4 Å². The lowest BCUT2D eigenvalue weighted by Crippen LogP contribution is -2.25. The van der Waals surface area contributed by atoms with Crippen molar-refractivity contribution < 1.29 is 4.74 Å². The predicted octanol–water partition coefficient (Wildman–Crippen LogP) is 2.70. The molecular weight excluding hydrogens is 308 g/mol. The SMILES string of the molecule is COc1cnc2c(n1)CCN(Cc1ccc3scnc3c1)CC2. The molecule has 0 N–H and O–H groups in total. The zero-order chi connectivity index (χ0) is 15.6. The number of benzene rings is 1. The molecule has 2 aromatic heterocycles. The van der Waals surface area contributed by atoms with Crippen LogP contribution in [-0.2, 0) is 19.4 Å². The maximum atomic E-state index is 5.18.